The highest BCUT2D eigenvalue weighted by Crippen LogP contribution is 2.27. The van der Waals surface area contributed by atoms with Crippen LogP contribution < -0.4 is 11.1 Å². The number of nitrogens with two attached hydrogens (primary N) is 1. The molecule has 5 nitrogen and oxygen atoms in total. The van der Waals surface area contributed by atoms with Gasteiger partial charge in [-0.3, -0.25) is 9.59 Å². The molecule has 0 atom stereocenters. The van der Waals surface area contributed by atoms with E-state index in [9.17, 15) is 9.59 Å². The number of anilines is 1. The Balaban J connectivity index is 2.25. The summed E-state index contributed by atoms with van der Waals surface area (Å²) in [5, 5.41) is 3.71. The number of nitrogens with one attached hydrogen (secondary N) is 1. The second-order valence-corrected chi connectivity index (χ2v) is 7.11. The summed E-state index contributed by atoms with van der Waals surface area (Å²) in [5.74, 6) is -0.751. The zero-order valence-electron chi connectivity index (χ0n) is 13.1. The van der Waals surface area contributed by atoms with E-state index >= 15 is 0 Å². The first-order valence-electron chi connectivity index (χ1n) is 6.87. The molecule has 0 radical (unpaired) electrons. The number of benzene rings is 1. The highest BCUT2D eigenvalue weighted by molar-refractivity contribution is 7.13. The summed E-state index contributed by atoms with van der Waals surface area (Å²) in [4.78, 5) is 28.5. The molecule has 2 rings (SSSR count). The molecule has 2 amide bonds. The first kappa shape index (κ1) is 16.2. The minimum Gasteiger partial charge on any atom is -0.366 e. The molecule has 0 saturated carbocycles. The van der Waals surface area contributed by atoms with E-state index in [1.807, 2.05) is 20.8 Å². The number of carbonyl (C=O) groups is 2. The standard InChI is InChI=1S/C16H19N3O2S/c1-9-10(13(17)20)6-5-7-11(9)19-14(21)12-8-18-15(22-12)16(2,3)4/h5-8H,1-4H3,(H2,17,20)(H,19,21). The Hall–Kier alpha value is -2.21. The molecule has 1 aromatic heterocycles. The molecule has 0 spiro atoms. The van der Waals surface area contributed by atoms with Gasteiger partial charge in [0, 0.05) is 16.7 Å². The molecule has 0 bridgehead atoms. The van der Waals surface area contributed by atoms with Gasteiger partial charge in [0.15, 0.2) is 0 Å². The lowest BCUT2D eigenvalue weighted by Gasteiger charge is -2.13. The predicted octanol–water partition coefficient (Wildman–Crippen LogP) is 3.10. The van der Waals surface area contributed by atoms with Crippen molar-refractivity contribution in [1.82, 2.24) is 4.98 Å². The van der Waals surface area contributed by atoms with Crippen LogP contribution >= 0.6 is 11.3 Å². The van der Waals surface area contributed by atoms with E-state index in [0.717, 1.165) is 5.01 Å². The van der Waals surface area contributed by atoms with E-state index in [0.29, 0.717) is 21.7 Å². The van der Waals surface area contributed by atoms with Crippen LogP contribution in [0.2, 0.25) is 0 Å². The van der Waals surface area contributed by atoms with Gasteiger partial charge in [0.2, 0.25) is 5.91 Å². The van der Waals surface area contributed by atoms with Crippen LogP contribution in [0.4, 0.5) is 5.69 Å². The van der Waals surface area contributed by atoms with Gasteiger partial charge >= 0.3 is 0 Å². The zero-order valence-corrected chi connectivity index (χ0v) is 13.9. The summed E-state index contributed by atoms with van der Waals surface area (Å²) >= 11 is 1.37. The molecule has 2 aromatic rings. The lowest BCUT2D eigenvalue weighted by atomic mass is 9.98. The Morgan fingerprint density at radius 3 is 2.50 bits per heavy atom. The quantitative estimate of drug-likeness (QED) is 0.912. The summed E-state index contributed by atoms with van der Waals surface area (Å²) in [6, 6.07) is 5.07. The normalized spacial score (nSPS) is 11.3. The average Bonchev–Trinajstić information content (AvgIpc) is 2.90. The van der Waals surface area contributed by atoms with E-state index in [1.54, 1.807) is 31.3 Å². The highest BCUT2D eigenvalue weighted by atomic mass is 32.1. The Morgan fingerprint density at radius 2 is 1.95 bits per heavy atom. The lowest BCUT2D eigenvalue weighted by molar-refractivity contribution is 0.0996. The van der Waals surface area contributed by atoms with Crippen molar-refractivity contribution in [2.24, 2.45) is 5.73 Å². The van der Waals surface area contributed by atoms with Crippen molar-refractivity contribution in [2.75, 3.05) is 5.32 Å². The fourth-order valence-corrected chi connectivity index (χ4v) is 2.82. The number of aromatic nitrogens is 1. The fraction of sp³-hybridized carbons (Fsp3) is 0.312. The fourth-order valence-electron chi connectivity index (χ4n) is 1.95. The largest absolute Gasteiger partial charge is 0.366 e. The SMILES string of the molecule is Cc1c(NC(=O)c2cnc(C(C)(C)C)s2)cccc1C(N)=O. The molecule has 1 heterocycles. The van der Waals surface area contributed by atoms with Gasteiger partial charge in [-0.05, 0) is 24.6 Å². The van der Waals surface area contributed by atoms with Crippen LogP contribution in [0.3, 0.4) is 0 Å². The number of thiazole rings is 1. The molecule has 3 N–H and O–H groups in total. The summed E-state index contributed by atoms with van der Waals surface area (Å²) in [6.07, 6.45) is 1.58. The Morgan fingerprint density at radius 1 is 1.27 bits per heavy atom. The van der Waals surface area contributed by atoms with Crippen molar-refractivity contribution in [1.29, 1.82) is 0 Å². The third-order valence-corrected chi connectivity index (χ3v) is 4.64. The van der Waals surface area contributed by atoms with E-state index in [-0.39, 0.29) is 11.3 Å². The number of amides is 2. The maximum atomic E-state index is 12.3. The van der Waals surface area contributed by atoms with E-state index < -0.39 is 5.91 Å². The van der Waals surface area contributed by atoms with Crippen molar-refractivity contribution in [3.8, 4) is 0 Å². The van der Waals surface area contributed by atoms with Gasteiger partial charge in [0.1, 0.15) is 4.88 Å². The van der Waals surface area contributed by atoms with Gasteiger partial charge in [0.05, 0.1) is 11.2 Å². The van der Waals surface area contributed by atoms with Crippen LogP contribution in [0.25, 0.3) is 0 Å². The van der Waals surface area contributed by atoms with Crippen LogP contribution in [0, 0.1) is 6.92 Å². The summed E-state index contributed by atoms with van der Waals surface area (Å²) in [6.45, 7) is 7.90. The maximum Gasteiger partial charge on any atom is 0.267 e. The third-order valence-electron chi connectivity index (χ3n) is 3.22. The monoisotopic (exact) mass is 317 g/mol. The lowest BCUT2D eigenvalue weighted by Crippen LogP contribution is -2.16. The zero-order chi connectivity index (χ0) is 16.5. The molecule has 0 aliphatic heterocycles. The molecule has 0 unspecified atom stereocenters. The van der Waals surface area contributed by atoms with Gasteiger partial charge < -0.3 is 11.1 Å². The molecule has 0 aliphatic rings. The average molecular weight is 317 g/mol. The molecule has 22 heavy (non-hydrogen) atoms. The van der Waals surface area contributed by atoms with Crippen molar-refractivity contribution >= 4 is 28.8 Å². The Kier molecular flexibility index (Phi) is 4.32. The minimum absolute atomic E-state index is 0.0923. The number of primary amides is 1. The summed E-state index contributed by atoms with van der Waals surface area (Å²) in [7, 11) is 0. The molecule has 0 saturated heterocycles. The van der Waals surface area contributed by atoms with E-state index in [4.69, 9.17) is 5.73 Å². The van der Waals surface area contributed by atoms with Gasteiger partial charge in [-0.1, -0.05) is 26.8 Å². The van der Waals surface area contributed by atoms with Crippen LogP contribution in [0.1, 0.15) is 51.4 Å². The summed E-state index contributed by atoms with van der Waals surface area (Å²) < 4.78 is 0. The van der Waals surface area contributed by atoms with Gasteiger partial charge in [-0.2, -0.15) is 0 Å². The molecular weight excluding hydrogens is 298 g/mol. The molecule has 116 valence electrons. The Labute approximate surface area is 133 Å². The predicted molar refractivity (Wildman–Crippen MR) is 88.5 cm³/mol. The molecule has 6 heteroatoms. The smallest absolute Gasteiger partial charge is 0.267 e. The number of hydrogen-bond acceptors (Lipinski definition) is 4. The van der Waals surface area contributed by atoms with Crippen LogP contribution in [-0.2, 0) is 5.41 Å². The number of rotatable bonds is 3. The molecule has 0 aliphatic carbocycles. The van der Waals surface area contributed by atoms with Gasteiger partial charge in [-0.15, -0.1) is 11.3 Å². The van der Waals surface area contributed by atoms with Crippen molar-refractivity contribution < 1.29 is 9.59 Å². The number of hydrogen-bond donors (Lipinski definition) is 2. The number of carbonyl (C=O) groups excluding carboxylic acids is 2. The first-order valence-corrected chi connectivity index (χ1v) is 7.69. The van der Waals surface area contributed by atoms with Gasteiger partial charge in [0.25, 0.3) is 5.91 Å². The van der Waals surface area contributed by atoms with Gasteiger partial charge in [-0.25, -0.2) is 4.98 Å². The van der Waals surface area contributed by atoms with Crippen molar-refractivity contribution in [3.05, 3.63) is 45.4 Å². The summed E-state index contributed by atoms with van der Waals surface area (Å²) in [5.41, 5.74) is 6.86. The second-order valence-electron chi connectivity index (χ2n) is 6.08. The minimum atomic E-state index is -0.513. The van der Waals surface area contributed by atoms with Crippen LogP contribution in [-0.4, -0.2) is 16.8 Å². The van der Waals surface area contributed by atoms with Crippen molar-refractivity contribution in [3.63, 3.8) is 0 Å². The molecule has 1 aromatic carbocycles. The van der Waals surface area contributed by atoms with Crippen LogP contribution in [0.5, 0.6) is 0 Å². The Bertz CT molecular complexity index is 729. The third kappa shape index (κ3) is 3.33. The molecular formula is C16H19N3O2S. The van der Waals surface area contributed by atoms with Crippen LogP contribution in [0.15, 0.2) is 24.4 Å². The highest BCUT2D eigenvalue weighted by Gasteiger charge is 2.21. The second kappa shape index (κ2) is 5.88. The molecule has 0 fully saturated rings. The first-order chi connectivity index (χ1) is 10.2. The van der Waals surface area contributed by atoms with Crippen molar-refractivity contribution in [2.45, 2.75) is 33.1 Å². The number of nitrogens with zero attached hydrogens (tertiary/aromatic N) is 1. The topological polar surface area (TPSA) is 85.1 Å². The van der Waals surface area contributed by atoms with E-state index in [1.165, 1.54) is 11.3 Å². The maximum absolute atomic E-state index is 12.3. The van der Waals surface area contributed by atoms with E-state index in [2.05, 4.69) is 10.3 Å².